The van der Waals surface area contributed by atoms with Crippen LogP contribution in [-0.2, 0) is 0 Å². The van der Waals surface area contributed by atoms with Crippen molar-refractivity contribution in [1.82, 2.24) is 5.43 Å². The van der Waals surface area contributed by atoms with Crippen LogP contribution in [0.15, 0.2) is 24.3 Å². The molecule has 0 saturated heterocycles. The molecule has 1 aliphatic carbocycles. The molecule has 2 rings (SSSR count). The summed E-state index contributed by atoms with van der Waals surface area (Å²) in [6.45, 7) is 4.58. The fraction of sp³-hybridized carbons (Fsp3) is 0.625. The molecule has 1 fully saturated rings. The van der Waals surface area contributed by atoms with Gasteiger partial charge in [0, 0.05) is 5.02 Å². The molecule has 1 atom stereocenters. The summed E-state index contributed by atoms with van der Waals surface area (Å²) in [6.07, 6.45) is 6.29. The monoisotopic (exact) mass is 280 g/mol. The molecule has 1 aromatic carbocycles. The zero-order valence-electron chi connectivity index (χ0n) is 12.0. The summed E-state index contributed by atoms with van der Waals surface area (Å²) in [5.41, 5.74) is 4.47. The topological polar surface area (TPSA) is 38.0 Å². The van der Waals surface area contributed by atoms with Crippen molar-refractivity contribution in [2.45, 2.75) is 52.0 Å². The SMILES string of the molecule is CC(C)CC1(C(NN)c2ccccc2Cl)CCCC1. The van der Waals surface area contributed by atoms with Gasteiger partial charge in [-0.15, -0.1) is 0 Å². The lowest BCUT2D eigenvalue weighted by molar-refractivity contribution is 0.156. The second-order valence-electron chi connectivity index (χ2n) is 6.29. The molecular formula is C16H25ClN2. The Morgan fingerprint density at radius 2 is 1.89 bits per heavy atom. The van der Waals surface area contributed by atoms with E-state index in [1.165, 1.54) is 32.1 Å². The first kappa shape index (κ1) is 14.8. The van der Waals surface area contributed by atoms with Crippen LogP contribution >= 0.6 is 11.6 Å². The molecule has 106 valence electrons. The zero-order valence-corrected chi connectivity index (χ0v) is 12.7. The average Bonchev–Trinajstić information content (AvgIpc) is 2.81. The summed E-state index contributed by atoms with van der Waals surface area (Å²) >= 11 is 6.38. The molecule has 0 bridgehead atoms. The number of rotatable bonds is 5. The number of nitrogens with one attached hydrogen (secondary N) is 1. The Hall–Kier alpha value is -0.570. The van der Waals surface area contributed by atoms with Gasteiger partial charge in [-0.2, -0.15) is 0 Å². The maximum atomic E-state index is 6.38. The summed E-state index contributed by atoms with van der Waals surface area (Å²) in [6, 6.07) is 8.24. The standard InChI is InChI=1S/C16H25ClN2/c1-12(2)11-16(9-5-6-10-16)15(19-18)13-7-3-4-8-14(13)17/h3-4,7-8,12,15,19H,5-6,9-11,18H2,1-2H3. The van der Waals surface area contributed by atoms with Crippen molar-refractivity contribution in [3.63, 3.8) is 0 Å². The van der Waals surface area contributed by atoms with E-state index >= 15 is 0 Å². The maximum Gasteiger partial charge on any atom is 0.0531 e. The van der Waals surface area contributed by atoms with Crippen LogP contribution in [0.1, 0.15) is 57.6 Å². The molecule has 0 aromatic heterocycles. The van der Waals surface area contributed by atoms with Crippen LogP contribution in [0.25, 0.3) is 0 Å². The van der Waals surface area contributed by atoms with E-state index in [-0.39, 0.29) is 11.5 Å². The largest absolute Gasteiger partial charge is 0.271 e. The fourth-order valence-corrected chi connectivity index (χ4v) is 4.05. The molecule has 0 aliphatic heterocycles. The maximum absolute atomic E-state index is 6.38. The molecule has 3 N–H and O–H groups in total. The lowest BCUT2D eigenvalue weighted by Gasteiger charge is -2.39. The molecule has 0 amide bonds. The second kappa shape index (κ2) is 6.25. The van der Waals surface area contributed by atoms with Crippen LogP contribution < -0.4 is 11.3 Å². The highest BCUT2D eigenvalue weighted by atomic mass is 35.5. The minimum Gasteiger partial charge on any atom is -0.271 e. The molecule has 1 aliphatic rings. The summed E-state index contributed by atoms with van der Waals surface area (Å²) in [5, 5.41) is 0.820. The van der Waals surface area contributed by atoms with Crippen molar-refractivity contribution in [3.8, 4) is 0 Å². The highest BCUT2D eigenvalue weighted by Gasteiger charge is 2.42. The van der Waals surface area contributed by atoms with Crippen molar-refractivity contribution in [2.75, 3.05) is 0 Å². The van der Waals surface area contributed by atoms with Gasteiger partial charge in [0.2, 0.25) is 0 Å². The summed E-state index contributed by atoms with van der Waals surface area (Å²) in [4.78, 5) is 0. The Morgan fingerprint density at radius 3 is 2.42 bits per heavy atom. The van der Waals surface area contributed by atoms with E-state index in [0.717, 1.165) is 10.6 Å². The minimum atomic E-state index is 0.158. The van der Waals surface area contributed by atoms with E-state index in [9.17, 15) is 0 Å². The number of hydrogen-bond acceptors (Lipinski definition) is 2. The van der Waals surface area contributed by atoms with E-state index in [4.69, 9.17) is 17.4 Å². The Kier molecular flexibility index (Phi) is 4.88. The molecule has 0 radical (unpaired) electrons. The van der Waals surface area contributed by atoms with Crippen LogP contribution in [0.5, 0.6) is 0 Å². The first-order chi connectivity index (χ1) is 9.09. The van der Waals surface area contributed by atoms with Crippen LogP contribution in [0.3, 0.4) is 0 Å². The molecule has 2 nitrogen and oxygen atoms in total. The van der Waals surface area contributed by atoms with Gasteiger partial charge < -0.3 is 0 Å². The van der Waals surface area contributed by atoms with Gasteiger partial charge in [-0.3, -0.25) is 11.3 Å². The quantitative estimate of drug-likeness (QED) is 0.618. The van der Waals surface area contributed by atoms with Gasteiger partial charge in [-0.05, 0) is 42.2 Å². The molecule has 0 heterocycles. The molecule has 1 aromatic rings. The predicted octanol–water partition coefficient (Wildman–Crippen LogP) is 4.45. The van der Waals surface area contributed by atoms with E-state index in [1.54, 1.807) is 0 Å². The van der Waals surface area contributed by atoms with Crippen molar-refractivity contribution < 1.29 is 0 Å². The van der Waals surface area contributed by atoms with Gasteiger partial charge in [0.1, 0.15) is 0 Å². The van der Waals surface area contributed by atoms with Crippen molar-refractivity contribution >= 4 is 11.6 Å². The van der Waals surface area contributed by atoms with Crippen molar-refractivity contribution in [3.05, 3.63) is 34.9 Å². The van der Waals surface area contributed by atoms with Crippen LogP contribution in [0.2, 0.25) is 5.02 Å². The van der Waals surface area contributed by atoms with Crippen LogP contribution in [0, 0.1) is 11.3 Å². The van der Waals surface area contributed by atoms with Gasteiger partial charge >= 0.3 is 0 Å². The fourth-order valence-electron chi connectivity index (χ4n) is 3.81. The number of halogens is 1. The highest BCUT2D eigenvalue weighted by molar-refractivity contribution is 6.31. The lowest BCUT2D eigenvalue weighted by Crippen LogP contribution is -2.41. The van der Waals surface area contributed by atoms with Gasteiger partial charge in [-0.1, -0.05) is 56.5 Å². The Balaban J connectivity index is 2.35. The smallest absolute Gasteiger partial charge is 0.0531 e. The van der Waals surface area contributed by atoms with Gasteiger partial charge in [-0.25, -0.2) is 0 Å². The average molecular weight is 281 g/mol. The van der Waals surface area contributed by atoms with Crippen LogP contribution in [0.4, 0.5) is 0 Å². The molecule has 19 heavy (non-hydrogen) atoms. The number of benzene rings is 1. The highest BCUT2D eigenvalue weighted by Crippen LogP contribution is 2.52. The Morgan fingerprint density at radius 1 is 1.26 bits per heavy atom. The van der Waals surface area contributed by atoms with Crippen LogP contribution in [-0.4, -0.2) is 0 Å². The van der Waals surface area contributed by atoms with E-state index in [1.807, 2.05) is 18.2 Å². The summed E-state index contributed by atoms with van der Waals surface area (Å²) in [5.74, 6) is 6.58. The lowest BCUT2D eigenvalue weighted by atomic mass is 9.70. The Labute approximate surface area is 121 Å². The third kappa shape index (κ3) is 3.13. The van der Waals surface area contributed by atoms with E-state index in [2.05, 4.69) is 25.3 Å². The first-order valence-electron chi connectivity index (χ1n) is 7.29. The van der Waals surface area contributed by atoms with Gasteiger partial charge in [0.25, 0.3) is 0 Å². The first-order valence-corrected chi connectivity index (χ1v) is 7.67. The summed E-state index contributed by atoms with van der Waals surface area (Å²) in [7, 11) is 0. The Bertz CT molecular complexity index is 411. The number of hydrazine groups is 1. The third-order valence-corrected chi connectivity index (χ3v) is 4.75. The summed E-state index contributed by atoms with van der Waals surface area (Å²) < 4.78 is 0. The molecule has 1 saturated carbocycles. The van der Waals surface area contributed by atoms with Crippen molar-refractivity contribution in [1.29, 1.82) is 0 Å². The second-order valence-corrected chi connectivity index (χ2v) is 6.70. The zero-order chi connectivity index (χ0) is 13.9. The predicted molar refractivity (Wildman–Crippen MR) is 81.9 cm³/mol. The van der Waals surface area contributed by atoms with Gasteiger partial charge in [0.15, 0.2) is 0 Å². The van der Waals surface area contributed by atoms with E-state index < -0.39 is 0 Å². The number of hydrogen-bond donors (Lipinski definition) is 2. The normalized spacial score (nSPS) is 19.8. The van der Waals surface area contributed by atoms with Gasteiger partial charge in [0.05, 0.1) is 6.04 Å². The molecule has 1 unspecified atom stereocenters. The molecule has 3 heteroatoms. The number of nitrogens with two attached hydrogens (primary N) is 1. The van der Waals surface area contributed by atoms with E-state index in [0.29, 0.717) is 5.92 Å². The van der Waals surface area contributed by atoms with Crippen molar-refractivity contribution in [2.24, 2.45) is 17.2 Å². The molecular weight excluding hydrogens is 256 g/mol. The molecule has 0 spiro atoms. The third-order valence-electron chi connectivity index (χ3n) is 4.41. The minimum absolute atomic E-state index is 0.158.